The number of fused-ring (bicyclic) bond motifs is 1. The highest BCUT2D eigenvalue weighted by Gasteiger charge is 2.23. The molecule has 4 nitrogen and oxygen atoms in total. The van der Waals surface area contributed by atoms with E-state index in [2.05, 4.69) is 23.2 Å². The summed E-state index contributed by atoms with van der Waals surface area (Å²) in [6.45, 7) is 8.41. The van der Waals surface area contributed by atoms with Crippen molar-refractivity contribution in [1.29, 1.82) is 0 Å². The van der Waals surface area contributed by atoms with Gasteiger partial charge in [-0.1, -0.05) is 52.0 Å². The average molecular weight is 357 g/mol. The Kier molecular flexibility index (Phi) is 6.93. The summed E-state index contributed by atoms with van der Waals surface area (Å²) in [6.07, 6.45) is 15.0. The number of aliphatic imine (C=N–C) groups is 1. The highest BCUT2D eigenvalue weighted by atomic mass is 15.3. The van der Waals surface area contributed by atoms with E-state index in [0.717, 1.165) is 50.4 Å². The third-order valence-electron chi connectivity index (χ3n) is 6.02. The molecule has 0 radical (unpaired) electrons. The molecule has 4 heteroatoms. The van der Waals surface area contributed by atoms with Crippen LogP contribution in [-0.2, 0) is 13.0 Å². The summed E-state index contributed by atoms with van der Waals surface area (Å²) in [4.78, 5) is 4.60. The number of amidine groups is 1. The van der Waals surface area contributed by atoms with Crippen LogP contribution in [0.1, 0.15) is 94.5 Å². The molecular weight excluding hydrogens is 320 g/mol. The highest BCUT2D eigenvalue weighted by molar-refractivity contribution is 6.00. The first-order valence-electron chi connectivity index (χ1n) is 10.8. The fourth-order valence-corrected chi connectivity index (χ4v) is 4.54. The molecule has 0 bridgehead atoms. The normalized spacial score (nSPS) is 21.9. The summed E-state index contributed by atoms with van der Waals surface area (Å²) >= 11 is 0. The third-order valence-corrected chi connectivity index (χ3v) is 6.02. The van der Waals surface area contributed by atoms with E-state index in [0.29, 0.717) is 5.84 Å². The second-order valence-corrected chi connectivity index (χ2v) is 8.12. The molecule has 0 atom stereocenters. The van der Waals surface area contributed by atoms with Gasteiger partial charge in [0.2, 0.25) is 0 Å². The summed E-state index contributed by atoms with van der Waals surface area (Å²) in [5.74, 6) is 1.49. The first kappa shape index (κ1) is 19.2. The van der Waals surface area contributed by atoms with Gasteiger partial charge < -0.3 is 5.73 Å². The molecule has 1 saturated carbocycles. The minimum absolute atomic E-state index is 0.608. The van der Waals surface area contributed by atoms with Crippen LogP contribution in [0, 0.1) is 5.92 Å². The Hall–Kier alpha value is -1.58. The fraction of sp³-hybridized carbons (Fsp3) is 0.727. The number of nitrogens with two attached hydrogens (primary N) is 1. The van der Waals surface area contributed by atoms with Crippen LogP contribution in [0.4, 0.5) is 0 Å². The predicted molar refractivity (Wildman–Crippen MR) is 111 cm³/mol. The van der Waals surface area contributed by atoms with Crippen molar-refractivity contribution < 1.29 is 0 Å². The summed E-state index contributed by atoms with van der Waals surface area (Å²) in [7, 11) is 0. The van der Waals surface area contributed by atoms with Gasteiger partial charge >= 0.3 is 0 Å². The maximum Gasteiger partial charge on any atom is 0.147 e. The minimum Gasteiger partial charge on any atom is -0.382 e. The van der Waals surface area contributed by atoms with Crippen LogP contribution in [-0.4, -0.2) is 22.2 Å². The zero-order valence-corrected chi connectivity index (χ0v) is 16.6. The molecule has 1 aromatic heterocycles. The van der Waals surface area contributed by atoms with E-state index < -0.39 is 0 Å². The molecule has 1 aliphatic heterocycles. The predicted octanol–water partition coefficient (Wildman–Crippen LogP) is 5.10. The first-order chi connectivity index (χ1) is 12.7. The van der Waals surface area contributed by atoms with Crippen molar-refractivity contribution >= 4 is 11.4 Å². The summed E-state index contributed by atoms with van der Waals surface area (Å²) in [6, 6.07) is 0. The van der Waals surface area contributed by atoms with Crippen molar-refractivity contribution in [3.05, 3.63) is 23.5 Å². The van der Waals surface area contributed by atoms with Gasteiger partial charge in [0.15, 0.2) is 0 Å². The van der Waals surface area contributed by atoms with Gasteiger partial charge in [0.05, 0.1) is 0 Å². The Morgan fingerprint density at radius 2 is 1.88 bits per heavy atom. The van der Waals surface area contributed by atoms with Crippen molar-refractivity contribution in [2.75, 3.05) is 6.54 Å². The molecule has 0 aromatic carbocycles. The third kappa shape index (κ3) is 4.57. The lowest BCUT2D eigenvalue weighted by Crippen LogP contribution is -2.17. The molecular formula is C22H36N4. The van der Waals surface area contributed by atoms with Gasteiger partial charge in [-0.2, -0.15) is 5.10 Å². The van der Waals surface area contributed by atoms with Crippen LogP contribution in [0.2, 0.25) is 0 Å². The van der Waals surface area contributed by atoms with Crippen molar-refractivity contribution in [3.8, 4) is 0 Å². The molecule has 2 N–H and O–H groups in total. The Balaban J connectivity index is 1.91. The Labute approximate surface area is 159 Å². The summed E-state index contributed by atoms with van der Waals surface area (Å²) < 4.78 is 2.21. The second-order valence-electron chi connectivity index (χ2n) is 8.12. The standard InChI is InChI=1S/C22H36N4/c1-3-16-26-19(14-13-18-11-7-4-8-12-18)20-17(2)10-6-5-9-15-24-22(23)21(20)25-26/h18H,2-16H2,1H3,(H2,23,24). The molecule has 1 aliphatic carbocycles. The van der Waals surface area contributed by atoms with Gasteiger partial charge in [-0.05, 0) is 50.0 Å². The number of hydrogen-bond acceptors (Lipinski definition) is 3. The number of rotatable bonds is 5. The maximum atomic E-state index is 6.35. The van der Waals surface area contributed by atoms with E-state index in [9.17, 15) is 0 Å². The number of aromatic nitrogens is 2. The molecule has 2 heterocycles. The minimum atomic E-state index is 0.608. The molecule has 2 aliphatic rings. The molecule has 0 amide bonds. The van der Waals surface area contributed by atoms with Crippen LogP contribution in [0.5, 0.6) is 0 Å². The molecule has 0 saturated heterocycles. The van der Waals surface area contributed by atoms with Gasteiger partial charge in [-0.25, -0.2) is 0 Å². The van der Waals surface area contributed by atoms with Crippen LogP contribution in [0.3, 0.4) is 0 Å². The monoisotopic (exact) mass is 356 g/mol. The first-order valence-corrected chi connectivity index (χ1v) is 10.8. The fourth-order valence-electron chi connectivity index (χ4n) is 4.54. The average Bonchev–Trinajstić information content (AvgIpc) is 3.02. The topological polar surface area (TPSA) is 56.2 Å². The van der Waals surface area contributed by atoms with Crippen LogP contribution >= 0.6 is 0 Å². The molecule has 0 spiro atoms. The summed E-state index contributed by atoms with van der Waals surface area (Å²) in [5, 5.41) is 4.91. The Morgan fingerprint density at radius 3 is 2.65 bits per heavy atom. The lowest BCUT2D eigenvalue weighted by Gasteiger charge is -2.22. The summed E-state index contributed by atoms with van der Waals surface area (Å²) in [5.41, 5.74) is 11.0. The van der Waals surface area contributed by atoms with Gasteiger partial charge in [0, 0.05) is 24.3 Å². The van der Waals surface area contributed by atoms with E-state index in [4.69, 9.17) is 10.8 Å². The second kappa shape index (κ2) is 9.38. The zero-order valence-electron chi connectivity index (χ0n) is 16.6. The molecule has 0 unspecified atom stereocenters. The van der Waals surface area contributed by atoms with Crippen molar-refractivity contribution in [1.82, 2.24) is 9.78 Å². The van der Waals surface area contributed by atoms with Gasteiger partial charge in [0.25, 0.3) is 0 Å². The highest BCUT2D eigenvalue weighted by Crippen LogP contribution is 2.32. The zero-order chi connectivity index (χ0) is 18.4. The number of hydrogen-bond donors (Lipinski definition) is 1. The smallest absolute Gasteiger partial charge is 0.147 e. The lowest BCUT2D eigenvalue weighted by molar-refractivity contribution is 0.336. The van der Waals surface area contributed by atoms with Crippen LogP contribution in [0.25, 0.3) is 5.57 Å². The van der Waals surface area contributed by atoms with E-state index in [1.54, 1.807) is 0 Å². The Bertz CT molecular complexity index is 635. The molecule has 1 fully saturated rings. The van der Waals surface area contributed by atoms with Crippen molar-refractivity contribution in [3.63, 3.8) is 0 Å². The van der Waals surface area contributed by atoms with E-state index in [1.165, 1.54) is 68.2 Å². The largest absolute Gasteiger partial charge is 0.382 e. The van der Waals surface area contributed by atoms with Gasteiger partial charge in [0.1, 0.15) is 11.5 Å². The van der Waals surface area contributed by atoms with E-state index in [-0.39, 0.29) is 0 Å². The molecule has 26 heavy (non-hydrogen) atoms. The van der Waals surface area contributed by atoms with Crippen molar-refractivity contribution in [2.45, 2.75) is 90.5 Å². The number of allylic oxidation sites excluding steroid dienone is 1. The van der Waals surface area contributed by atoms with Crippen LogP contribution in [0.15, 0.2) is 11.6 Å². The Morgan fingerprint density at radius 1 is 1.12 bits per heavy atom. The molecule has 144 valence electrons. The maximum absolute atomic E-state index is 6.35. The quantitative estimate of drug-likeness (QED) is 0.798. The number of aryl methyl sites for hydroxylation is 1. The number of nitrogens with zero attached hydrogens (tertiary/aromatic N) is 3. The molecule has 3 rings (SSSR count). The molecule has 1 aromatic rings. The van der Waals surface area contributed by atoms with Crippen LogP contribution < -0.4 is 5.73 Å². The van der Waals surface area contributed by atoms with E-state index in [1.807, 2.05) is 0 Å². The van der Waals surface area contributed by atoms with Crippen molar-refractivity contribution in [2.24, 2.45) is 16.6 Å². The SMILES string of the molecule is C=C1CCCCC/N=C(/N)c2nn(CCC)c(CCC3CCCCC3)c21. The van der Waals surface area contributed by atoms with Gasteiger partial charge in [-0.3, -0.25) is 9.67 Å². The van der Waals surface area contributed by atoms with E-state index >= 15 is 0 Å². The lowest BCUT2D eigenvalue weighted by atomic mass is 9.85. The van der Waals surface area contributed by atoms with Gasteiger partial charge in [-0.15, -0.1) is 0 Å².